The molecule has 0 N–H and O–H groups in total. The summed E-state index contributed by atoms with van der Waals surface area (Å²) < 4.78 is 0. The third kappa shape index (κ3) is 3.18. The number of hydrogen-bond acceptors (Lipinski definition) is 2. The van der Waals surface area contributed by atoms with Crippen LogP contribution in [0.2, 0.25) is 15.1 Å². The zero-order valence-corrected chi connectivity index (χ0v) is 12.9. The van der Waals surface area contributed by atoms with Gasteiger partial charge < -0.3 is 0 Å². The van der Waals surface area contributed by atoms with Crippen LogP contribution in [0.1, 0.15) is 0 Å². The minimum atomic E-state index is 0.554. The van der Waals surface area contributed by atoms with Crippen molar-refractivity contribution in [3.05, 3.63) is 70.1 Å². The molecular weight excluding hydrogens is 327 g/mol. The Kier molecular flexibility index (Phi) is 4.11. The Balaban J connectivity index is 2.17. The monoisotopic (exact) mass is 333 g/mol. The number of aromatic nitrogens is 2. The highest BCUT2D eigenvalue weighted by molar-refractivity contribution is 6.35. The first-order valence-corrected chi connectivity index (χ1v) is 7.22. The molecule has 0 saturated heterocycles. The van der Waals surface area contributed by atoms with Gasteiger partial charge in [-0.2, -0.15) is 0 Å². The molecular formula is C16H8Cl3N2. The molecule has 0 saturated carbocycles. The first kappa shape index (κ1) is 14.3. The molecule has 0 aliphatic carbocycles. The Labute approximate surface area is 137 Å². The third-order valence-electron chi connectivity index (χ3n) is 2.96. The lowest BCUT2D eigenvalue weighted by molar-refractivity contribution is 1.16. The van der Waals surface area contributed by atoms with Gasteiger partial charge in [0.25, 0.3) is 0 Å². The first-order chi connectivity index (χ1) is 10.1. The van der Waals surface area contributed by atoms with Crippen molar-refractivity contribution in [1.82, 2.24) is 9.97 Å². The van der Waals surface area contributed by atoms with Crippen molar-refractivity contribution in [1.29, 1.82) is 0 Å². The molecule has 0 unspecified atom stereocenters. The molecule has 2 nitrogen and oxygen atoms in total. The molecule has 1 aromatic heterocycles. The van der Waals surface area contributed by atoms with Crippen molar-refractivity contribution >= 4 is 34.8 Å². The minimum Gasteiger partial charge on any atom is -0.233 e. The highest BCUT2D eigenvalue weighted by atomic mass is 35.5. The summed E-state index contributed by atoms with van der Waals surface area (Å²) in [6, 6.07) is 12.8. The van der Waals surface area contributed by atoms with Crippen LogP contribution in [0.4, 0.5) is 0 Å². The van der Waals surface area contributed by atoms with E-state index in [2.05, 4.69) is 16.3 Å². The van der Waals surface area contributed by atoms with E-state index in [0.29, 0.717) is 15.1 Å². The molecule has 0 aliphatic heterocycles. The highest BCUT2D eigenvalue weighted by Crippen LogP contribution is 2.33. The van der Waals surface area contributed by atoms with E-state index >= 15 is 0 Å². The molecule has 1 radical (unpaired) electrons. The van der Waals surface area contributed by atoms with Crippen molar-refractivity contribution in [3.63, 3.8) is 0 Å². The van der Waals surface area contributed by atoms with Gasteiger partial charge in [0, 0.05) is 32.4 Å². The average molecular weight is 335 g/mol. The SMILES string of the molecule is Clc1ccc(-c2cn[c]nc2-c2cc(Cl)cc(Cl)c2)cc1. The summed E-state index contributed by atoms with van der Waals surface area (Å²) >= 11 is 18.1. The summed E-state index contributed by atoms with van der Waals surface area (Å²) in [4.78, 5) is 8.22. The van der Waals surface area contributed by atoms with Crippen LogP contribution in [0, 0.1) is 6.33 Å². The lowest BCUT2D eigenvalue weighted by Crippen LogP contribution is -1.91. The van der Waals surface area contributed by atoms with E-state index in [1.165, 1.54) is 0 Å². The van der Waals surface area contributed by atoms with Gasteiger partial charge in [-0.1, -0.05) is 46.9 Å². The highest BCUT2D eigenvalue weighted by Gasteiger charge is 2.11. The van der Waals surface area contributed by atoms with Gasteiger partial charge in [-0.25, -0.2) is 9.97 Å². The fraction of sp³-hybridized carbons (Fsp3) is 0. The Bertz CT molecular complexity index is 766. The second kappa shape index (κ2) is 6.02. The zero-order valence-electron chi connectivity index (χ0n) is 10.6. The van der Waals surface area contributed by atoms with Gasteiger partial charge in [0.2, 0.25) is 0 Å². The third-order valence-corrected chi connectivity index (χ3v) is 3.65. The summed E-state index contributed by atoms with van der Waals surface area (Å²) in [5, 5.41) is 1.78. The minimum absolute atomic E-state index is 0.554. The molecule has 3 rings (SSSR count). The van der Waals surface area contributed by atoms with Crippen LogP contribution in [-0.2, 0) is 0 Å². The number of benzene rings is 2. The average Bonchev–Trinajstić information content (AvgIpc) is 2.47. The standard InChI is InChI=1S/C16H8Cl3N2/c17-12-3-1-10(2-4-12)15-8-20-9-21-16(15)11-5-13(18)7-14(19)6-11/h1-8H. The van der Waals surface area contributed by atoms with Gasteiger partial charge in [-0.3, -0.25) is 0 Å². The quantitative estimate of drug-likeness (QED) is 0.612. The molecule has 0 amide bonds. The van der Waals surface area contributed by atoms with E-state index in [0.717, 1.165) is 22.4 Å². The topological polar surface area (TPSA) is 25.8 Å². The molecule has 1 heterocycles. The summed E-state index contributed by atoms with van der Waals surface area (Å²) in [5.74, 6) is 0. The maximum absolute atomic E-state index is 6.06. The van der Waals surface area contributed by atoms with Crippen molar-refractivity contribution in [2.75, 3.05) is 0 Å². The molecule has 0 spiro atoms. The summed E-state index contributed by atoms with van der Waals surface area (Å²) in [5.41, 5.74) is 3.36. The Morgan fingerprint density at radius 1 is 0.762 bits per heavy atom. The van der Waals surface area contributed by atoms with Crippen LogP contribution in [0.3, 0.4) is 0 Å². The second-order valence-corrected chi connectivity index (χ2v) is 5.71. The molecule has 21 heavy (non-hydrogen) atoms. The molecule has 0 bridgehead atoms. The Hall–Kier alpha value is -1.61. The van der Waals surface area contributed by atoms with Crippen LogP contribution < -0.4 is 0 Å². The summed E-state index contributed by atoms with van der Waals surface area (Å²) in [6.45, 7) is 0. The van der Waals surface area contributed by atoms with E-state index in [9.17, 15) is 0 Å². The van der Waals surface area contributed by atoms with E-state index in [-0.39, 0.29) is 0 Å². The van der Waals surface area contributed by atoms with Gasteiger partial charge in [-0.05, 0) is 35.9 Å². The van der Waals surface area contributed by atoms with Crippen LogP contribution in [0.25, 0.3) is 22.4 Å². The van der Waals surface area contributed by atoms with Crippen molar-refractivity contribution in [2.45, 2.75) is 0 Å². The lowest BCUT2D eigenvalue weighted by Gasteiger charge is -2.09. The number of hydrogen-bond donors (Lipinski definition) is 0. The Morgan fingerprint density at radius 3 is 2.10 bits per heavy atom. The molecule has 0 fully saturated rings. The predicted molar refractivity (Wildman–Crippen MR) is 86.8 cm³/mol. The van der Waals surface area contributed by atoms with Crippen LogP contribution in [0.15, 0.2) is 48.7 Å². The van der Waals surface area contributed by atoms with E-state index in [4.69, 9.17) is 34.8 Å². The molecule has 0 atom stereocenters. The number of nitrogens with zero attached hydrogens (tertiary/aromatic N) is 2. The fourth-order valence-corrected chi connectivity index (χ4v) is 2.70. The van der Waals surface area contributed by atoms with Crippen LogP contribution in [0.5, 0.6) is 0 Å². The molecule has 103 valence electrons. The van der Waals surface area contributed by atoms with Gasteiger partial charge in [-0.15, -0.1) is 0 Å². The van der Waals surface area contributed by atoms with Crippen LogP contribution >= 0.6 is 34.8 Å². The van der Waals surface area contributed by atoms with Gasteiger partial charge in [0.1, 0.15) is 0 Å². The fourth-order valence-electron chi connectivity index (χ4n) is 2.04. The van der Waals surface area contributed by atoms with Crippen molar-refractivity contribution < 1.29 is 0 Å². The Morgan fingerprint density at radius 2 is 1.43 bits per heavy atom. The molecule has 2 aromatic carbocycles. The first-order valence-electron chi connectivity index (χ1n) is 6.09. The summed E-state index contributed by atoms with van der Waals surface area (Å²) in [6.07, 6.45) is 4.32. The second-order valence-electron chi connectivity index (χ2n) is 4.40. The van der Waals surface area contributed by atoms with Crippen LogP contribution in [-0.4, -0.2) is 9.97 Å². The van der Waals surface area contributed by atoms with E-state index < -0.39 is 0 Å². The van der Waals surface area contributed by atoms with E-state index in [1.54, 1.807) is 12.3 Å². The predicted octanol–water partition coefficient (Wildman–Crippen LogP) is 5.57. The number of rotatable bonds is 2. The smallest absolute Gasteiger partial charge is 0.198 e. The lowest BCUT2D eigenvalue weighted by atomic mass is 10.0. The largest absolute Gasteiger partial charge is 0.233 e. The van der Waals surface area contributed by atoms with Gasteiger partial charge >= 0.3 is 0 Å². The zero-order chi connectivity index (χ0) is 14.8. The van der Waals surface area contributed by atoms with Crippen molar-refractivity contribution in [3.8, 4) is 22.4 Å². The van der Waals surface area contributed by atoms with Gasteiger partial charge in [0.05, 0.1) is 5.69 Å². The summed E-state index contributed by atoms with van der Waals surface area (Å²) in [7, 11) is 0. The molecule has 5 heteroatoms. The maximum Gasteiger partial charge on any atom is 0.198 e. The molecule has 3 aromatic rings. The number of halogens is 3. The van der Waals surface area contributed by atoms with E-state index in [1.807, 2.05) is 36.4 Å². The normalized spacial score (nSPS) is 10.6. The van der Waals surface area contributed by atoms with Gasteiger partial charge in [0.15, 0.2) is 6.33 Å². The maximum atomic E-state index is 6.06. The molecule has 0 aliphatic rings. The van der Waals surface area contributed by atoms with Crippen molar-refractivity contribution in [2.24, 2.45) is 0 Å².